The molecule has 0 unspecified atom stereocenters. The molecule has 2 bridgehead atoms. The smallest absolute Gasteiger partial charge is 0.223 e. The van der Waals surface area contributed by atoms with E-state index in [1.54, 1.807) is 39.0 Å². The molecule has 3 rings (SSSR count). The molecule has 0 atom stereocenters. The molecule has 0 spiro atoms. The number of carbonyl (C=O) groups excluding carboxylic acids is 2. The Kier molecular flexibility index (Phi) is 11.0. The van der Waals surface area contributed by atoms with Crippen LogP contribution < -0.4 is 10.6 Å². The Labute approximate surface area is 154 Å². The molecule has 0 heterocycles. The second-order valence-electron chi connectivity index (χ2n) is 7.88. The average molecular weight is 353 g/mol. The average Bonchev–Trinajstić information content (AvgIpc) is 3.28. The van der Waals surface area contributed by atoms with Crippen LogP contribution in [0.15, 0.2) is 0 Å². The van der Waals surface area contributed by atoms with Crippen LogP contribution in [0.25, 0.3) is 0 Å². The molecule has 4 nitrogen and oxygen atoms in total. The zero-order valence-corrected chi connectivity index (χ0v) is 16.9. The van der Waals surface area contributed by atoms with Crippen molar-refractivity contribution in [3.63, 3.8) is 0 Å². The molecule has 0 radical (unpaired) electrons. The van der Waals surface area contributed by atoms with Gasteiger partial charge in [0.2, 0.25) is 5.91 Å². The van der Waals surface area contributed by atoms with Gasteiger partial charge in [-0.2, -0.15) is 0 Å². The summed E-state index contributed by atoms with van der Waals surface area (Å²) in [6.07, 6.45) is 11.3. The fraction of sp³-hybridized carbons (Fsp3) is 0.905. The van der Waals surface area contributed by atoms with Crippen LogP contribution in [0.1, 0.15) is 78.6 Å². The fourth-order valence-electron chi connectivity index (χ4n) is 4.25. The van der Waals surface area contributed by atoms with E-state index in [2.05, 4.69) is 17.6 Å². The predicted molar refractivity (Wildman–Crippen MR) is 104 cm³/mol. The number of hydrogen-bond donors (Lipinski definition) is 2. The summed E-state index contributed by atoms with van der Waals surface area (Å²) in [7, 11) is 1.93. The third-order valence-corrected chi connectivity index (χ3v) is 6.01. The minimum Gasteiger partial charge on any atom is -0.356 e. The number of amides is 1. The molecule has 0 saturated heterocycles. The van der Waals surface area contributed by atoms with E-state index in [4.69, 9.17) is 0 Å². The van der Waals surface area contributed by atoms with Crippen molar-refractivity contribution in [3.8, 4) is 0 Å². The Hall–Kier alpha value is -0.900. The monoisotopic (exact) mass is 352 g/mol. The maximum absolute atomic E-state index is 11.5. The number of fused-ring (bicyclic) bond motifs is 2. The van der Waals surface area contributed by atoms with Crippen molar-refractivity contribution >= 4 is 11.7 Å². The third-order valence-electron chi connectivity index (χ3n) is 6.01. The highest BCUT2D eigenvalue weighted by molar-refractivity contribution is 5.80. The molecule has 0 aromatic carbocycles. The number of ketones is 1. The second kappa shape index (κ2) is 12.5. The van der Waals surface area contributed by atoms with Crippen LogP contribution >= 0.6 is 0 Å². The van der Waals surface area contributed by atoms with Crippen LogP contribution in [-0.2, 0) is 9.59 Å². The third kappa shape index (κ3) is 8.35. The number of hydrogen-bond acceptors (Lipinski definition) is 3. The fourth-order valence-corrected chi connectivity index (χ4v) is 4.25. The minimum absolute atomic E-state index is 0.144. The molecule has 3 aliphatic rings. The quantitative estimate of drug-likeness (QED) is 0.806. The van der Waals surface area contributed by atoms with Crippen molar-refractivity contribution in [1.29, 1.82) is 0 Å². The maximum Gasteiger partial charge on any atom is 0.223 e. The van der Waals surface area contributed by atoms with Gasteiger partial charge in [-0.25, -0.2) is 0 Å². The van der Waals surface area contributed by atoms with Gasteiger partial charge >= 0.3 is 0 Å². The highest BCUT2D eigenvalue weighted by Crippen LogP contribution is 2.43. The zero-order chi connectivity index (χ0) is 18.7. The Morgan fingerprint density at radius 2 is 1.24 bits per heavy atom. The Morgan fingerprint density at radius 3 is 1.52 bits per heavy atom. The molecular weight excluding hydrogens is 312 g/mol. The van der Waals surface area contributed by atoms with Gasteiger partial charge in [0.25, 0.3) is 0 Å². The number of Topliss-reactive ketones (excluding diaryl/α,β-unsaturated/α-hetero) is 1. The lowest BCUT2D eigenvalue weighted by molar-refractivity contribution is -0.128. The van der Waals surface area contributed by atoms with E-state index < -0.39 is 0 Å². The van der Waals surface area contributed by atoms with Gasteiger partial charge in [0.15, 0.2) is 0 Å². The van der Waals surface area contributed by atoms with Crippen LogP contribution in [0.4, 0.5) is 0 Å². The highest BCUT2D eigenvalue weighted by atomic mass is 16.2. The van der Waals surface area contributed by atoms with Crippen LogP contribution in [0.5, 0.6) is 0 Å². The topological polar surface area (TPSA) is 58.2 Å². The molecular formula is C21H40N2O2. The van der Waals surface area contributed by atoms with Crippen molar-refractivity contribution in [2.24, 2.45) is 23.7 Å². The lowest BCUT2D eigenvalue weighted by atomic mass is 9.80. The van der Waals surface area contributed by atoms with Crippen LogP contribution in [0, 0.1) is 23.7 Å². The molecule has 0 aromatic heterocycles. The summed E-state index contributed by atoms with van der Waals surface area (Å²) in [6.45, 7) is 7.42. The predicted octanol–water partition coefficient (Wildman–Crippen LogP) is 3.94. The van der Waals surface area contributed by atoms with Crippen LogP contribution in [0.3, 0.4) is 0 Å². The van der Waals surface area contributed by atoms with E-state index in [-0.39, 0.29) is 23.5 Å². The molecule has 1 amide bonds. The molecule has 4 heteroatoms. The molecule has 0 aromatic rings. The summed E-state index contributed by atoms with van der Waals surface area (Å²) in [5.41, 5.74) is 0. The number of rotatable bonds is 4. The summed E-state index contributed by atoms with van der Waals surface area (Å²) < 4.78 is 0. The van der Waals surface area contributed by atoms with Crippen LogP contribution in [0.2, 0.25) is 0 Å². The lowest BCUT2D eigenvalue weighted by Crippen LogP contribution is -2.33. The maximum atomic E-state index is 11.5. The van der Waals surface area contributed by atoms with E-state index in [0.29, 0.717) is 6.54 Å². The van der Waals surface area contributed by atoms with E-state index in [1.807, 2.05) is 14.0 Å². The Morgan fingerprint density at radius 1 is 0.800 bits per heavy atom. The SMILES string of the molecule is C1CC2CCC1C2.CCNC.CCNC(=O)C1CCC(C(C)=O)CC1. The van der Waals surface area contributed by atoms with Crippen molar-refractivity contribution in [1.82, 2.24) is 10.6 Å². The molecule has 146 valence electrons. The van der Waals surface area contributed by atoms with Crippen molar-refractivity contribution in [2.75, 3.05) is 20.1 Å². The standard InChI is InChI=1S/C11H19NO2.C7H12.C3H9N/c1-3-12-11(14)10-6-4-9(5-7-10)8(2)13;1-2-7-4-3-6(1)5-7;1-3-4-2/h9-10H,3-7H2,1-2H3,(H,12,14);6-7H,1-5H2;4H,3H2,1-2H3. The molecule has 3 fully saturated rings. The van der Waals surface area contributed by atoms with Gasteiger partial charge in [0.1, 0.15) is 5.78 Å². The van der Waals surface area contributed by atoms with Gasteiger partial charge in [0, 0.05) is 18.4 Å². The zero-order valence-electron chi connectivity index (χ0n) is 16.9. The molecule has 3 saturated carbocycles. The first-order valence-electron chi connectivity index (χ1n) is 10.4. The van der Waals surface area contributed by atoms with Gasteiger partial charge in [-0.1, -0.05) is 32.6 Å². The first-order valence-corrected chi connectivity index (χ1v) is 10.4. The van der Waals surface area contributed by atoms with E-state index in [0.717, 1.165) is 32.2 Å². The normalized spacial score (nSPS) is 29.8. The molecule has 25 heavy (non-hydrogen) atoms. The first kappa shape index (κ1) is 22.1. The van der Waals surface area contributed by atoms with Gasteiger partial charge in [-0.15, -0.1) is 0 Å². The largest absolute Gasteiger partial charge is 0.356 e. The van der Waals surface area contributed by atoms with E-state index in [9.17, 15) is 9.59 Å². The lowest BCUT2D eigenvalue weighted by Gasteiger charge is -2.25. The summed E-state index contributed by atoms with van der Waals surface area (Å²) in [4.78, 5) is 22.6. The van der Waals surface area contributed by atoms with E-state index >= 15 is 0 Å². The summed E-state index contributed by atoms with van der Waals surface area (Å²) in [5.74, 6) is 3.13. The number of carbonyl (C=O) groups is 2. The highest BCUT2D eigenvalue weighted by Gasteiger charge is 2.30. The van der Waals surface area contributed by atoms with E-state index in [1.165, 1.54) is 11.8 Å². The Balaban J connectivity index is 0.000000233. The first-order chi connectivity index (χ1) is 12.0. The molecule has 2 N–H and O–H groups in total. The van der Waals surface area contributed by atoms with Crippen molar-refractivity contribution in [2.45, 2.75) is 78.6 Å². The summed E-state index contributed by atoms with van der Waals surface area (Å²) in [5, 5.41) is 5.77. The van der Waals surface area contributed by atoms with Crippen molar-refractivity contribution < 1.29 is 9.59 Å². The number of nitrogens with one attached hydrogen (secondary N) is 2. The van der Waals surface area contributed by atoms with Crippen molar-refractivity contribution in [3.05, 3.63) is 0 Å². The van der Waals surface area contributed by atoms with Crippen LogP contribution in [-0.4, -0.2) is 31.8 Å². The van der Waals surface area contributed by atoms with Gasteiger partial charge < -0.3 is 10.6 Å². The minimum atomic E-state index is 0.144. The second-order valence-corrected chi connectivity index (χ2v) is 7.88. The van der Waals surface area contributed by atoms with Gasteiger partial charge in [-0.3, -0.25) is 9.59 Å². The molecule has 0 aliphatic heterocycles. The van der Waals surface area contributed by atoms with Gasteiger partial charge in [-0.05, 0) is 71.4 Å². The van der Waals surface area contributed by atoms with Gasteiger partial charge in [0.05, 0.1) is 0 Å². The summed E-state index contributed by atoms with van der Waals surface area (Å²) >= 11 is 0. The summed E-state index contributed by atoms with van der Waals surface area (Å²) in [6, 6.07) is 0. The molecule has 3 aliphatic carbocycles. The Bertz CT molecular complexity index is 369.